The van der Waals surface area contributed by atoms with Gasteiger partial charge >= 0.3 is 0 Å². The van der Waals surface area contributed by atoms with Crippen LogP contribution in [0.1, 0.15) is 17.3 Å². The van der Waals surface area contributed by atoms with E-state index in [9.17, 15) is 4.79 Å². The maximum atomic E-state index is 11.7. The summed E-state index contributed by atoms with van der Waals surface area (Å²) >= 11 is 3.34. The lowest BCUT2D eigenvalue weighted by Crippen LogP contribution is -2.25. The SMILES string of the molecule is CCN(C)CC(=O)c1ccc(Br)cc1. The average Bonchev–Trinajstić information content (AvgIpc) is 2.18. The molecule has 0 aliphatic carbocycles. The number of carbonyl (C=O) groups excluding carboxylic acids is 1. The first-order valence-corrected chi connectivity index (χ1v) is 5.40. The Balaban J connectivity index is 2.65. The van der Waals surface area contributed by atoms with Crippen molar-refractivity contribution in [3.05, 3.63) is 34.3 Å². The average molecular weight is 256 g/mol. The van der Waals surface area contributed by atoms with E-state index in [1.807, 2.05) is 43.1 Å². The van der Waals surface area contributed by atoms with Crippen molar-refractivity contribution in [2.75, 3.05) is 20.1 Å². The van der Waals surface area contributed by atoms with Gasteiger partial charge in [0.2, 0.25) is 0 Å². The molecule has 0 heterocycles. The Morgan fingerprint density at radius 3 is 2.43 bits per heavy atom. The van der Waals surface area contributed by atoms with Crippen molar-refractivity contribution in [1.82, 2.24) is 4.90 Å². The van der Waals surface area contributed by atoms with Crippen LogP contribution in [-0.2, 0) is 0 Å². The largest absolute Gasteiger partial charge is 0.299 e. The Morgan fingerprint density at radius 2 is 1.93 bits per heavy atom. The van der Waals surface area contributed by atoms with Crippen LogP contribution in [-0.4, -0.2) is 30.8 Å². The molecule has 1 aromatic carbocycles. The van der Waals surface area contributed by atoms with E-state index in [1.54, 1.807) is 0 Å². The number of ketones is 1. The van der Waals surface area contributed by atoms with Gasteiger partial charge in [0.05, 0.1) is 6.54 Å². The fourth-order valence-corrected chi connectivity index (χ4v) is 1.35. The van der Waals surface area contributed by atoms with E-state index in [1.165, 1.54) is 0 Å². The van der Waals surface area contributed by atoms with Crippen LogP contribution >= 0.6 is 15.9 Å². The van der Waals surface area contributed by atoms with E-state index in [0.29, 0.717) is 6.54 Å². The number of carbonyl (C=O) groups is 1. The van der Waals surface area contributed by atoms with Crippen LogP contribution < -0.4 is 0 Å². The maximum absolute atomic E-state index is 11.7. The third kappa shape index (κ3) is 3.24. The zero-order valence-electron chi connectivity index (χ0n) is 8.46. The highest BCUT2D eigenvalue weighted by Gasteiger charge is 2.07. The second-order valence-corrected chi connectivity index (χ2v) is 4.18. The number of rotatable bonds is 4. The van der Waals surface area contributed by atoms with Crippen molar-refractivity contribution in [3.8, 4) is 0 Å². The Hall–Kier alpha value is -0.670. The van der Waals surface area contributed by atoms with Gasteiger partial charge in [-0.25, -0.2) is 0 Å². The highest BCUT2D eigenvalue weighted by atomic mass is 79.9. The van der Waals surface area contributed by atoms with Crippen molar-refractivity contribution in [1.29, 1.82) is 0 Å². The van der Waals surface area contributed by atoms with E-state index in [2.05, 4.69) is 15.9 Å². The van der Waals surface area contributed by atoms with Crippen LogP contribution in [0.15, 0.2) is 28.7 Å². The van der Waals surface area contributed by atoms with Crippen molar-refractivity contribution in [2.24, 2.45) is 0 Å². The van der Waals surface area contributed by atoms with Crippen molar-refractivity contribution in [2.45, 2.75) is 6.92 Å². The van der Waals surface area contributed by atoms with Crippen LogP contribution in [0.2, 0.25) is 0 Å². The molecule has 0 fully saturated rings. The number of nitrogens with zero attached hydrogens (tertiary/aromatic N) is 1. The van der Waals surface area contributed by atoms with E-state index >= 15 is 0 Å². The standard InChI is InChI=1S/C11H14BrNO/c1-3-13(2)8-11(14)9-4-6-10(12)7-5-9/h4-7H,3,8H2,1-2H3. The van der Waals surface area contributed by atoms with E-state index in [0.717, 1.165) is 16.6 Å². The molecule has 1 aromatic rings. The smallest absolute Gasteiger partial charge is 0.176 e. The molecule has 0 amide bonds. The maximum Gasteiger partial charge on any atom is 0.176 e. The van der Waals surface area contributed by atoms with Gasteiger partial charge in [-0.2, -0.15) is 0 Å². The highest BCUT2D eigenvalue weighted by Crippen LogP contribution is 2.11. The van der Waals surface area contributed by atoms with Crippen molar-refractivity contribution >= 4 is 21.7 Å². The van der Waals surface area contributed by atoms with Crippen LogP contribution in [0.4, 0.5) is 0 Å². The van der Waals surface area contributed by atoms with Crippen LogP contribution in [0.5, 0.6) is 0 Å². The Morgan fingerprint density at radius 1 is 1.36 bits per heavy atom. The van der Waals surface area contributed by atoms with Gasteiger partial charge in [-0.05, 0) is 25.7 Å². The number of benzene rings is 1. The first-order chi connectivity index (χ1) is 6.63. The fourth-order valence-electron chi connectivity index (χ4n) is 1.08. The number of likely N-dealkylation sites (N-methyl/N-ethyl adjacent to an activating group) is 1. The predicted octanol–water partition coefficient (Wildman–Crippen LogP) is 2.58. The summed E-state index contributed by atoms with van der Waals surface area (Å²) in [7, 11) is 1.94. The summed E-state index contributed by atoms with van der Waals surface area (Å²) in [5.41, 5.74) is 0.772. The molecule has 0 N–H and O–H groups in total. The molecule has 0 unspecified atom stereocenters. The quantitative estimate of drug-likeness (QED) is 0.772. The lowest BCUT2D eigenvalue weighted by molar-refractivity contribution is 0.0949. The van der Waals surface area contributed by atoms with Crippen molar-refractivity contribution < 1.29 is 4.79 Å². The molecule has 0 aromatic heterocycles. The summed E-state index contributed by atoms with van der Waals surface area (Å²) in [6, 6.07) is 7.46. The van der Waals surface area contributed by atoms with Crippen LogP contribution in [0.25, 0.3) is 0 Å². The van der Waals surface area contributed by atoms with Gasteiger partial charge in [0.1, 0.15) is 0 Å². The molecule has 0 aliphatic rings. The molecule has 0 atom stereocenters. The number of hydrogen-bond acceptors (Lipinski definition) is 2. The second kappa shape index (κ2) is 5.27. The van der Waals surface area contributed by atoms with E-state index in [-0.39, 0.29) is 5.78 Å². The molecule has 0 saturated carbocycles. The topological polar surface area (TPSA) is 20.3 Å². The zero-order valence-corrected chi connectivity index (χ0v) is 10.0. The summed E-state index contributed by atoms with van der Waals surface area (Å²) in [6.07, 6.45) is 0. The molecule has 0 saturated heterocycles. The third-order valence-corrected chi connectivity index (χ3v) is 2.65. The summed E-state index contributed by atoms with van der Waals surface area (Å²) in [6.45, 7) is 3.41. The Labute approximate surface area is 93.0 Å². The van der Waals surface area contributed by atoms with Gasteiger partial charge in [-0.3, -0.25) is 9.69 Å². The lowest BCUT2D eigenvalue weighted by Gasteiger charge is -2.12. The Bertz CT molecular complexity index is 308. The van der Waals surface area contributed by atoms with Gasteiger partial charge in [0.25, 0.3) is 0 Å². The number of Topliss-reactive ketones (excluding diaryl/α,β-unsaturated/α-hetero) is 1. The summed E-state index contributed by atoms with van der Waals surface area (Å²) in [5, 5.41) is 0. The highest BCUT2D eigenvalue weighted by molar-refractivity contribution is 9.10. The minimum Gasteiger partial charge on any atom is -0.299 e. The lowest BCUT2D eigenvalue weighted by atomic mass is 10.1. The minimum atomic E-state index is 0.168. The monoisotopic (exact) mass is 255 g/mol. The third-order valence-electron chi connectivity index (χ3n) is 2.12. The van der Waals surface area contributed by atoms with E-state index < -0.39 is 0 Å². The number of halogens is 1. The van der Waals surface area contributed by atoms with Gasteiger partial charge < -0.3 is 0 Å². The first kappa shape index (κ1) is 11.4. The molecule has 1 rings (SSSR count). The fraction of sp³-hybridized carbons (Fsp3) is 0.364. The molecule has 0 aliphatic heterocycles. The summed E-state index contributed by atoms with van der Waals surface area (Å²) in [5.74, 6) is 0.168. The van der Waals surface area contributed by atoms with Gasteiger partial charge in [0.15, 0.2) is 5.78 Å². The molecule has 14 heavy (non-hydrogen) atoms. The predicted molar refractivity (Wildman–Crippen MR) is 61.6 cm³/mol. The molecular weight excluding hydrogens is 242 g/mol. The first-order valence-electron chi connectivity index (χ1n) is 4.60. The van der Waals surface area contributed by atoms with Gasteiger partial charge in [-0.15, -0.1) is 0 Å². The molecule has 0 radical (unpaired) electrons. The van der Waals surface area contributed by atoms with Crippen LogP contribution in [0, 0.1) is 0 Å². The number of hydrogen-bond donors (Lipinski definition) is 0. The molecule has 0 bridgehead atoms. The van der Waals surface area contributed by atoms with Crippen molar-refractivity contribution in [3.63, 3.8) is 0 Å². The van der Waals surface area contributed by atoms with Crippen LogP contribution in [0.3, 0.4) is 0 Å². The van der Waals surface area contributed by atoms with Gasteiger partial charge in [0, 0.05) is 10.0 Å². The van der Waals surface area contributed by atoms with Gasteiger partial charge in [-0.1, -0.05) is 35.0 Å². The minimum absolute atomic E-state index is 0.168. The summed E-state index contributed by atoms with van der Waals surface area (Å²) < 4.78 is 0.998. The molecular formula is C11H14BrNO. The molecule has 76 valence electrons. The van der Waals surface area contributed by atoms with E-state index in [4.69, 9.17) is 0 Å². The molecule has 3 heteroatoms. The second-order valence-electron chi connectivity index (χ2n) is 3.26. The summed E-state index contributed by atoms with van der Waals surface area (Å²) in [4.78, 5) is 13.7. The molecule has 2 nitrogen and oxygen atoms in total. The zero-order chi connectivity index (χ0) is 10.6. The Kier molecular flexibility index (Phi) is 4.29. The molecule has 0 spiro atoms. The normalized spacial score (nSPS) is 10.6.